The zero-order valence-corrected chi connectivity index (χ0v) is 43.3. The number of nitrogens with zero attached hydrogens (tertiary/aromatic N) is 1. The predicted molar refractivity (Wildman–Crippen MR) is 281 cm³/mol. The van der Waals surface area contributed by atoms with Crippen LogP contribution in [0.4, 0.5) is 0 Å². The molecule has 0 heterocycles. The largest absolute Gasteiger partial charge is 0.472 e. The summed E-state index contributed by atoms with van der Waals surface area (Å²) in [6.45, 7) is 4.65. The molecule has 0 aromatic rings. The van der Waals surface area contributed by atoms with Crippen molar-refractivity contribution in [2.75, 3.05) is 40.9 Å². The molecule has 0 radical (unpaired) electrons. The minimum atomic E-state index is -4.36. The van der Waals surface area contributed by atoms with Crippen molar-refractivity contribution in [3.63, 3.8) is 0 Å². The Morgan fingerprint density at radius 3 is 1.42 bits per heavy atom. The number of nitrogens with one attached hydrogen (secondary N) is 1. The number of hydrogen-bond donors (Lipinski definition) is 3. The summed E-state index contributed by atoms with van der Waals surface area (Å²) in [5.41, 5.74) is 0. The molecule has 9 heteroatoms. The predicted octanol–water partition coefficient (Wildman–Crippen LogP) is 15.5. The number of phosphoric acid groups is 1. The van der Waals surface area contributed by atoms with Crippen LogP contribution < -0.4 is 5.32 Å². The van der Waals surface area contributed by atoms with Crippen molar-refractivity contribution in [2.24, 2.45) is 0 Å². The van der Waals surface area contributed by atoms with E-state index < -0.39 is 20.0 Å². The Balaban J connectivity index is 4.31. The highest BCUT2D eigenvalue weighted by Crippen LogP contribution is 2.43. The number of aliphatic hydroxyl groups is 1. The molecular weight excluding hydrogens is 828 g/mol. The molecule has 0 aliphatic heterocycles. The van der Waals surface area contributed by atoms with E-state index in [9.17, 15) is 19.4 Å². The van der Waals surface area contributed by atoms with E-state index in [4.69, 9.17) is 9.05 Å². The lowest BCUT2D eigenvalue weighted by molar-refractivity contribution is -0.870. The maximum atomic E-state index is 12.9. The highest BCUT2D eigenvalue weighted by molar-refractivity contribution is 7.47. The SMILES string of the molecule is CC/C=C\C/C=C\C/C=C\C/C=C\C/C=C\CCCCCCCCCCCCCC(=O)NC(COP(=O)(O)OCC[N+](C)(C)C)C(O)/C=C/CC/C=C/CC/C=C/CCCCCCCC. The third-order valence-corrected chi connectivity index (χ3v) is 12.0. The third-order valence-electron chi connectivity index (χ3n) is 11.0. The summed E-state index contributed by atoms with van der Waals surface area (Å²) in [6, 6.07) is -0.877. The van der Waals surface area contributed by atoms with E-state index in [0.29, 0.717) is 17.4 Å². The maximum absolute atomic E-state index is 12.9. The number of likely N-dealkylation sites (N-methyl/N-ethyl adjacent to an activating group) is 1. The number of carbonyl (C=O) groups excluding carboxylic acids is 1. The van der Waals surface area contributed by atoms with Crippen LogP contribution in [0, 0.1) is 0 Å². The normalized spacial score (nSPS) is 14.9. The summed E-state index contributed by atoms with van der Waals surface area (Å²) < 4.78 is 23.6. The smallest absolute Gasteiger partial charge is 0.387 e. The van der Waals surface area contributed by atoms with E-state index >= 15 is 0 Å². The number of aliphatic hydroxyl groups excluding tert-OH is 1. The molecule has 0 spiro atoms. The number of allylic oxidation sites excluding steroid dienone is 15. The van der Waals surface area contributed by atoms with Crippen LogP contribution >= 0.6 is 7.82 Å². The van der Waals surface area contributed by atoms with Gasteiger partial charge in [-0.3, -0.25) is 13.8 Å². The number of carbonyl (C=O) groups is 1. The second-order valence-electron chi connectivity index (χ2n) is 18.5. The fraction of sp³-hybridized carbons (Fsp3) is 0.696. The van der Waals surface area contributed by atoms with Crippen molar-refractivity contribution in [3.05, 3.63) is 97.2 Å². The van der Waals surface area contributed by atoms with Gasteiger partial charge in [0.1, 0.15) is 13.2 Å². The minimum Gasteiger partial charge on any atom is -0.387 e. The van der Waals surface area contributed by atoms with Crippen LogP contribution in [0.3, 0.4) is 0 Å². The molecule has 65 heavy (non-hydrogen) atoms. The second kappa shape index (κ2) is 46.5. The van der Waals surface area contributed by atoms with Crippen molar-refractivity contribution in [3.8, 4) is 0 Å². The first-order valence-electron chi connectivity index (χ1n) is 26.1. The Morgan fingerprint density at radius 1 is 0.538 bits per heavy atom. The standard InChI is InChI=1S/C56H99N2O6P/c1-6-8-10-12-14-16-18-20-22-24-25-26-27-28-29-30-31-32-33-34-36-38-40-42-44-46-48-50-56(60)57-54(53-64-65(61,62)63-52-51-58(3,4)5)55(59)49-47-45-43-41-39-37-35-23-21-19-17-15-13-11-9-7-2/h8,10,14,16,20-23,25-26,28-29,39,41,47,49,54-55,59H,6-7,9,11-13,15,17-19,24,27,30-38,40,42-46,48,50-53H2,1-5H3,(H-,57,60,61,62)/p+1/b10-8-,16-14-,22-20-,23-21+,26-25-,29-28-,41-39+,49-47+. The molecule has 0 rings (SSSR count). The topological polar surface area (TPSA) is 105 Å². The average molecular weight is 928 g/mol. The second-order valence-corrected chi connectivity index (χ2v) is 19.9. The summed E-state index contributed by atoms with van der Waals surface area (Å²) in [6.07, 6.45) is 66.3. The van der Waals surface area contributed by atoms with E-state index in [0.717, 1.165) is 77.0 Å². The van der Waals surface area contributed by atoms with Crippen molar-refractivity contribution in [1.29, 1.82) is 0 Å². The van der Waals surface area contributed by atoms with Crippen LogP contribution in [0.5, 0.6) is 0 Å². The zero-order valence-electron chi connectivity index (χ0n) is 42.4. The molecule has 8 nitrogen and oxygen atoms in total. The summed E-state index contributed by atoms with van der Waals surface area (Å²) in [7, 11) is 1.53. The van der Waals surface area contributed by atoms with E-state index in [-0.39, 0.29) is 19.1 Å². The van der Waals surface area contributed by atoms with Gasteiger partial charge in [-0.25, -0.2) is 4.57 Å². The Bertz CT molecular complexity index is 1370. The Hall–Kier alpha value is -2.58. The minimum absolute atomic E-state index is 0.0484. The van der Waals surface area contributed by atoms with Crippen LogP contribution in [-0.4, -0.2) is 73.4 Å². The lowest BCUT2D eigenvalue weighted by atomic mass is 10.0. The van der Waals surface area contributed by atoms with Gasteiger partial charge < -0.3 is 19.8 Å². The number of amides is 1. The molecule has 3 unspecified atom stereocenters. The molecule has 3 atom stereocenters. The zero-order chi connectivity index (χ0) is 47.8. The highest BCUT2D eigenvalue weighted by atomic mass is 31.2. The highest BCUT2D eigenvalue weighted by Gasteiger charge is 2.27. The van der Waals surface area contributed by atoms with Crippen molar-refractivity contribution < 1.29 is 32.9 Å². The quantitative estimate of drug-likeness (QED) is 0.0243. The first-order valence-corrected chi connectivity index (χ1v) is 27.6. The van der Waals surface area contributed by atoms with E-state index in [2.05, 4.69) is 104 Å². The first kappa shape index (κ1) is 62.4. The van der Waals surface area contributed by atoms with Crippen molar-refractivity contribution in [2.45, 2.75) is 212 Å². The number of hydrogen-bond acceptors (Lipinski definition) is 5. The van der Waals surface area contributed by atoms with Gasteiger partial charge in [0.15, 0.2) is 0 Å². The molecule has 0 saturated heterocycles. The molecule has 0 bridgehead atoms. The molecule has 1 amide bonds. The number of phosphoric ester groups is 1. The van der Waals surface area contributed by atoms with Crippen LogP contribution in [0.1, 0.15) is 200 Å². The molecule has 0 aromatic heterocycles. The first-order chi connectivity index (χ1) is 31.5. The molecule has 0 aliphatic rings. The third kappa shape index (κ3) is 49.2. The Kier molecular flexibility index (Phi) is 44.7. The summed E-state index contributed by atoms with van der Waals surface area (Å²) in [5.74, 6) is -0.199. The molecule has 0 fully saturated rings. The van der Waals surface area contributed by atoms with Gasteiger partial charge in [0, 0.05) is 6.42 Å². The molecular formula is C56H100N2O6P+. The number of quaternary nitrogens is 1. The van der Waals surface area contributed by atoms with E-state index in [1.165, 1.54) is 103 Å². The lowest BCUT2D eigenvalue weighted by Gasteiger charge is -2.25. The molecule has 3 N–H and O–H groups in total. The van der Waals surface area contributed by atoms with Gasteiger partial charge in [0.05, 0.1) is 39.9 Å². The molecule has 0 aliphatic carbocycles. The Labute approximate surface area is 400 Å². The number of unbranched alkanes of at least 4 members (excludes halogenated alkanes) is 19. The van der Waals surface area contributed by atoms with E-state index in [1.807, 2.05) is 27.2 Å². The Morgan fingerprint density at radius 2 is 0.938 bits per heavy atom. The van der Waals surface area contributed by atoms with Gasteiger partial charge in [-0.2, -0.15) is 0 Å². The fourth-order valence-electron chi connectivity index (χ4n) is 6.92. The van der Waals surface area contributed by atoms with E-state index in [1.54, 1.807) is 6.08 Å². The van der Waals surface area contributed by atoms with Gasteiger partial charge in [0.2, 0.25) is 5.91 Å². The molecule has 0 saturated carbocycles. The monoisotopic (exact) mass is 928 g/mol. The number of rotatable bonds is 46. The van der Waals surface area contributed by atoms with Crippen LogP contribution in [-0.2, 0) is 18.4 Å². The maximum Gasteiger partial charge on any atom is 0.472 e. The fourth-order valence-corrected chi connectivity index (χ4v) is 7.66. The van der Waals surface area contributed by atoms with Crippen LogP contribution in [0.25, 0.3) is 0 Å². The summed E-state index contributed by atoms with van der Waals surface area (Å²) >= 11 is 0. The summed E-state index contributed by atoms with van der Waals surface area (Å²) in [5, 5.41) is 13.9. The van der Waals surface area contributed by atoms with Crippen LogP contribution in [0.15, 0.2) is 97.2 Å². The van der Waals surface area contributed by atoms with Gasteiger partial charge in [-0.15, -0.1) is 0 Å². The summed E-state index contributed by atoms with van der Waals surface area (Å²) in [4.78, 5) is 23.2. The molecule has 0 aromatic carbocycles. The van der Waals surface area contributed by atoms with Gasteiger partial charge in [-0.1, -0.05) is 201 Å². The lowest BCUT2D eigenvalue weighted by Crippen LogP contribution is -2.45. The van der Waals surface area contributed by atoms with Crippen molar-refractivity contribution in [1.82, 2.24) is 5.32 Å². The average Bonchev–Trinajstić information content (AvgIpc) is 3.26. The van der Waals surface area contributed by atoms with Gasteiger partial charge in [0.25, 0.3) is 0 Å². The van der Waals surface area contributed by atoms with Gasteiger partial charge >= 0.3 is 7.82 Å². The van der Waals surface area contributed by atoms with Crippen molar-refractivity contribution >= 4 is 13.7 Å². The van der Waals surface area contributed by atoms with Crippen LogP contribution in [0.2, 0.25) is 0 Å². The van der Waals surface area contributed by atoms with Gasteiger partial charge in [-0.05, 0) is 89.9 Å². The molecule has 374 valence electrons.